The van der Waals surface area contributed by atoms with Crippen molar-refractivity contribution in [1.29, 1.82) is 0 Å². The first-order chi connectivity index (χ1) is 17.4. The highest BCUT2D eigenvalue weighted by atomic mass is 32.2. The van der Waals surface area contributed by atoms with Crippen molar-refractivity contribution in [3.63, 3.8) is 0 Å². The SMILES string of the molecule is CCOC(=O)[C@H](CSCc1ccc(C)cc1)NC(=O)C(CSC(C)=O)Cc1ccc2ccccc2c1. The first-order valence-corrected chi connectivity index (χ1v) is 14.2. The number of carbonyl (C=O) groups excluding carboxylic acids is 3. The van der Waals surface area contributed by atoms with Crippen molar-refractivity contribution in [3.8, 4) is 0 Å². The Morgan fingerprint density at radius 3 is 2.31 bits per heavy atom. The van der Waals surface area contributed by atoms with E-state index < -0.39 is 17.9 Å². The van der Waals surface area contributed by atoms with Gasteiger partial charge in [0.05, 0.1) is 12.5 Å². The molecule has 0 heterocycles. The highest BCUT2D eigenvalue weighted by molar-refractivity contribution is 8.13. The minimum Gasteiger partial charge on any atom is -0.464 e. The molecule has 2 atom stereocenters. The van der Waals surface area contributed by atoms with Gasteiger partial charge in [0, 0.05) is 24.2 Å². The van der Waals surface area contributed by atoms with Crippen LogP contribution >= 0.6 is 23.5 Å². The largest absolute Gasteiger partial charge is 0.464 e. The molecule has 0 saturated carbocycles. The second-order valence-electron chi connectivity index (χ2n) is 8.70. The summed E-state index contributed by atoms with van der Waals surface area (Å²) >= 11 is 2.71. The molecule has 5 nitrogen and oxygen atoms in total. The third-order valence-electron chi connectivity index (χ3n) is 5.72. The number of fused-ring (bicyclic) bond motifs is 1. The lowest BCUT2D eigenvalue weighted by Gasteiger charge is -2.21. The normalized spacial score (nSPS) is 12.6. The Bertz CT molecular complexity index is 1180. The standard InChI is InChI=1S/C29H33NO4S2/c1-4-34-29(33)27(19-35-17-22-11-9-20(2)10-12-22)30-28(32)26(18-36-21(3)31)16-23-13-14-24-7-5-6-8-25(24)15-23/h5-15,26-27H,4,16-19H2,1-3H3,(H,30,32)/t26?,27-/m0/s1. The molecule has 0 aliphatic heterocycles. The monoisotopic (exact) mass is 523 g/mol. The summed E-state index contributed by atoms with van der Waals surface area (Å²) in [5.41, 5.74) is 3.37. The summed E-state index contributed by atoms with van der Waals surface area (Å²) in [6.45, 7) is 5.54. The van der Waals surface area contributed by atoms with Crippen LogP contribution in [0, 0.1) is 12.8 Å². The Labute approximate surface area is 221 Å². The van der Waals surface area contributed by atoms with Crippen LogP contribution < -0.4 is 5.32 Å². The summed E-state index contributed by atoms with van der Waals surface area (Å²) in [5, 5.41) is 5.11. The van der Waals surface area contributed by atoms with Gasteiger partial charge >= 0.3 is 5.97 Å². The van der Waals surface area contributed by atoms with Gasteiger partial charge in [-0.2, -0.15) is 11.8 Å². The summed E-state index contributed by atoms with van der Waals surface area (Å²) < 4.78 is 5.24. The highest BCUT2D eigenvalue weighted by Gasteiger charge is 2.27. The molecule has 0 aliphatic rings. The Morgan fingerprint density at radius 2 is 1.61 bits per heavy atom. The van der Waals surface area contributed by atoms with Crippen LogP contribution in [0.15, 0.2) is 66.7 Å². The minimum absolute atomic E-state index is 0.0399. The minimum atomic E-state index is -0.755. The molecule has 1 N–H and O–H groups in total. The topological polar surface area (TPSA) is 72.5 Å². The van der Waals surface area contributed by atoms with E-state index in [-0.39, 0.29) is 17.6 Å². The average molecular weight is 524 g/mol. The van der Waals surface area contributed by atoms with E-state index in [0.717, 1.165) is 39.4 Å². The zero-order valence-electron chi connectivity index (χ0n) is 21.0. The maximum absolute atomic E-state index is 13.4. The fourth-order valence-corrected chi connectivity index (χ4v) is 5.48. The van der Waals surface area contributed by atoms with Gasteiger partial charge in [-0.3, -0.25) is 9.59 Å². The van der Waals surface area contributed by atoms with Crippen molar-refractivity contribution in [2.75, 3.05) is 18.1 Å². The number of amides is 1. The third kappa shape index (κ3) is 8.71. The Morgan fingerprint density at radius 1 is 0.917 bits per heavy atom. The molecule has 1 amide bonds. The molecule has 0 aromatic heterocycles. The van der Waals surface area contributed by atoms with Gasteiger partial charge in [0.2, 0.25) is 5.91 Å². The molecular weight excluding hydrogens is 490 g/mol. The van der Waals surface area contributed by atoms with E-state index in [1.165, 1.54) is 12.5 Å². The zero-order valence-corrected chi connectivity index (χ0v) is 22.6. The van der Waals surface area contributed by atoms with E-state index in [9.17, 15) is 14.4 Å². The van der Waals surface area contributed by atoms with Gasteiger partial charge in [-0.1, -0.05) is 84.1 Å². The predicted molar refractivity (Wildman–Crippen MR) is 150 cm³/mol. The summed E-state index contributed by atoms with van der Waals surface area (Å²) in [6.07, 6.45) is 0.475. The molecule has 190 valence electrons. The van der Waals surface area contributed by atoms with Gasteiger partial charge < -0.3 is 10.1 Å². The second kappa shape index (κ2) is 14.1. The lowest BCUT2D eigenvalue weighted by atomic mass is 9.97. The van der Waals surface area contributed by atoms with Crippen LogP contribution in [-0.2, 0) is 31.3 Å². The maximum Gasteiger partial charge on any atom is 0.329 e. The van der Waals surface area contributed by atoms with Crippen molar-refractivity contribution >= 4 is 51.3 Å². The molecule has 0 radical (unpaired) electrons. The number of esters is 1. The first-order valence-electron chi connectivity index (χ1n) is 12.1. The van der Waals surface area contributed by atoms with Crippen molar-refractivity contribution in [3.05, 3.63) is 83.4 Å². The van der Waals surface area contributed by atoms with Crippen LogP contribution in [0.1, 0.15) is 30.5 Å². The van der Waals surface area contributed by atoms with Crippen molar-refractivity contribution < 1.29 is 19.1 Å². The van der Waals surface area contributed by atoms with E-state index in [4.69, 9.17) is 4.74 Å². The molecule has 0 fully saturated rings. The van der Waals surface area contributed by atoms with Crippen LogP contribution in [0.25, 0.3) is 10.8 Å². The molecule has 1 unspecified atom stereocenters. The molecule has 3 rings (SSSR count). The summed E-state index contributed by atoms with van der Waals surface area (Å²) in [4.78, 5) is 37.7. The van der Waals surface area contributed by atoms with E-state index in [1.54, 1.807) is 18.7 Å². The van der Waals surface area contributed by atoms with E-state index in [2.05, 4.69) is 35.6 Å². The van der Waals surface area contributed by atoms with Crippen LogP contribution in [0.5, 0.6) is 0 Å². The average Bonchev–Trinajstić information content (AvgIpc) is 2.87. The van der Waals surface area contributed by atoms with Gasteiger partial charge in [0.25, 0.3) is 0 Å². The molecule has 0 saturated heterocycles. The maximum atomic E-state index is 13.4. The van der Waals surface area contributed by atoms with Gasteiger partial charge in [0.15, 0.2) is 5.12 Å². The van der Waals surface area contributed by atoms with Gasteiger partial charge in [-0.15, -0.1) is 0 Å². The first kappa shape index (κ1) is 27.8. The van der Waals surface area contributed by atoms with Gasteiger partial charge in [-0.05, 0) is 42.2 Å². The zero-order chi connectivity index (χ0) is 25.9. The molecule has 0 spiro atoms. The number of benzene rings is 3. The van der Waals surface area contributed by atoms with Crippen molar-refractivity contribution in [2.45, 2.75) is 39.0 Å². The molecule has 0 aliphatic carbocycles. The molecule has 0 bridgehead atoms. The highest BCUT2D eigenvalue weighted by Crippen LogP contribution is 2.21. The fraction of sp³-hybridized carbons (Fsp3) is 0.345. The van der Waals surface area contributed by atoms with Crippen molar-refractivity contribution in [1.82, 2.24) is 5.32 Å². The second-order valence-corrected chi connectivity index (χ2v) is 10.9. The molecular formula is C29H33NO4S2. The number of carbonyl (C=O) groups is 3. The number of thioether (sulfide) groups is 2. The fourth-order valence-electron chi connectivity index (χ4n) is 3.78. The van der Waals surface area contributed by atoms with Gasteiger partial charge in [0.1, 0.15) is 6.04 Å². The summed E-state index contributed by atoms with van der Waals surface area (Å²) in [7, 11) is 0. The Hall–Kier alpha value is -2.77. The molecule has 3 aromatic rings. The number of nitrogens with one attached hydrogen (secondary N) is 1. The molecule has 7 heteroatoms. The quantitative estimate of drug-likeness (QED) is 0.313. The van der Waals surface area contributed by atoms with Crippen LogP contribution in [0.4, 0.5) is 0 Å². The van der Waals surface area contributed by atoms with E-state index in [1.807, 2.05) is 43.3 Å². The third-order valence-corrected chi connectivity index (χ3v) is 7.80. The van der Waals surface area contributed by atoms with Crippen molar-refractivity contribution in [2.24, 2.45) is 5.92 Å². The smallest absolute Gasteiger partial charge is 0.329 e. The lowest BCUT2D eigenvalue weighted by molar-refractivity contribution is -0.147. The molecule has 3 aromatic carbocycles. The number of hydrogen-bond donors (Lipinski definition) is 1. The summed E-state index contributed by atoms with van der Waals surface area (Å²) in [5.74, 6) is 0.337. The number of aryl methyl sites for hydroxylation is 1. The van der Waals surface area contributed by atoms with Crippen LogP contribution in [-0.4, -0.2) is 41.1 Å². The van der Waals surface area contributed by atoms with Gasteiger partial charge in [-0.25, -0.2) is 4.79 Å². The Balaban J connectivity index is 1.70. The summed E-state index contributed by atoms with van der Waals surface area (Å²) in [6, 6.07) is 21.7. The lowest BCUT2D eigenvalue weighted by Crippen LogP contribution is -2.47. The number of hydrogen-bond acceptors (Lipinski definition) is 6. The van der Waals surface area contributed by atoms with E-state index in [0.29, 0.717) is 17.9 Å². The number of rotatable bonds is 12. The Kier molecular flexibility index (Phi) is 10.9. The van der Waals surface area contributed by atoms with Crippen LogP contribution in [0.3, 0.4) is 0 Å². The molecule has 36 heavy (non-hydrogen) atoms. The number of ether oxygens (including phenoxy) is 1. The van der Waals surface area contributed by atoms with E-state index >= 15 is 0 Å². The predicted octanol–water partition coefficient (Wildman–Crippen LogP) is 5.57. The van der Waals surface area contributed by atoms with Crippen LogP contribution in [0.2, 0.25) is 0 Å².